The largest absolute Gasteiger partial charge is 0.481 e. The topological polar surface area (TPSA) is 51.2 Å². The molecule has 0 radical (unpaired) electrons. The Morgan fingerprint density at radius 3 is 2.74 bits per heavy atom. The van der Waals surface area contributed by atoms with Crippen LogP contribution in [0, 0.1) is 5.82 Å². The summed E-state index contributed by atoms with van der Waals surface area (Å²) < 4.78 is 21.8. The Morgan fingerprint density at radius 2 is 2.13 bits per heavy atom. The van der Waals surface area contributed by atoms with Crippen LogP contribution >= 0.6 is 22.9 Å². The zero-order chi connectivity index (χ0) is 17.0. The number of carbonyl (C=O) groups excluding carboxylic acids is 1. The number of pyridine rings is 1. The van der Waals surface area contributed by atoms with Crippen molar-refractivity contribution in [1.82, 2.24) is 8.51 Å². The summed E-state index contributed by atoms with van der Waals surface area (Å²) in [7, 11) is 1.53. The van der Waals surface area contributed by atoms with Crippen molar-refractivity contribution >= 4 is 28.8 Å². The molecule has 4 nitrogen and oxygen atoms in total. The zero-order valence-electron chi connectivity index (χ0n) is 13.2. The van der Waals surface area contributed by atoms with Crippen molar-refractivity contribution < 1.29 is 13.9 Å². The van der Waals surface area contributed by atoms with E-state index in [4.69, 9.17) is 4.74 Å². The molecule has 0 spiro atoms. The summed E-state index contributed by atoms with van der Waals surface area (Å²) in [5, 5.41) is 0. The molecule has 1 aromatic heterocycles. The molecule has 6 heteroatoms. The molecule has 0 atom stereocenters. The van der Waals surface area contributed by atoms with Crippen LogP contribution in [0.25, 0.3) is 11.1 Å². The number of carbonyl (C=O) groups is 1. The fourth-order valence-corrected chi connectivity index (χ4v) is 2.70. The van der Waals surface area contributed by atoms with E-state index >= 15 is 0 Å². The van der Waals surface area contributed by atoms with Crippen molar-refractivity contribution in [2.75, 3.05) is 7.11 Å². The highest BCUT2D eigenvalue weighted by Crippen LogP contribution is 2.33. The van der Waals surface area contributed by atoms with Crippen LogP contribution in [0.5, 0.6) is 5.88 Å². The van der Waals surface area contributed by atoms with Crippen LogP contribution in [-0.4, -0.2) is 18.0 Å². The molecule has 0 bridgehead atoms. The number of methoxy groups -OCH3 is 1. The van der Waals surface area contributed by atoms with E-state index in [1.54, 1.807) is 18.3 Å². The van der Waals surface area contributed by atoms with E-state index in [1.165, 1.54) is 19.2 Å². The van der Waals surface area contributed by atoms with Gasteiger partial charge in [-0.15, -0.1) is 0 Å². The number of nitrogens with one attached hydrogen (secondary N) is 1. The third kappa shape index (κ3) is 4.19. The van der Waals surface area contributed by atoms with Crippen molar-refractivity contribution in [2.24, 2.45) is 0 Å². The Hall–Kier alpha value is -1.70. The lowest BCUT2D eigenvalue weighted by Gasteiger charge is -2.18. The van der Waals surface area contributed by atoms with Gasteiger partial charge in [0, 0.05) is 12.3 Å². The summed E-state index contributed by atoms with van der Waals surface area (Å²) in [4.78, 5) is 16.0. The summed E-state index contributed by atoms with van der Waals surface area (Å²) in [6.07, 6.45) is 1.80. The van der Waals surface area contributed by atoms with Crippen LogP contribution in [-0.2, 0) is 11.2 Å². The van der Waals surface area contributed by atoms with Gasteiger partial charge in [-0.2, -0.15) is 0 Å². The van der Waals surface area contributed by atoms with Crippen molar-refractivity contribution in [1.29, 1.82) is 0 Å². The van der Waals surface area contributed by atoms with Crippen molar-refractivity contribution in [2.45, 2.75) is 26.2 Å². The minimum absolute atomic E-state index is 0.102. The quantitative estimate of drug-likeness (QED) is 0.578. The van der Waals surface area contributed by atoms with Gasteiger partial charge in [0.15, 0.2) is 0 Å². The van der Waals surface area contributed by atoms with E-state index in [2.05, 4.69) is 8.51 Å². The Kier molecular flexibility index (Phi) is 5.92. The maximum Gasteiger partial charge on any atom is 0.233 e. The fraction of sp³-hybridized carbons (Fsp3) is 0.294. The van der Waals surface area contributed by atoms with Crippen LogP contribution in [0.4, 0.5) is 4.39 Å². The lowest BCUT2D eigenvalue weighted by molar-refractivity contribution is -0.118. The summed E-state index contributed by atoms with van der Waals surface area (Å²) in [5.74, 6) is 0.104. The van der Waals surface area contributed by atoms with Gasteiger partial charge in [0.25, 0.3) is 0 Å². The molecule has 0 fully saturated rings. The number of ether oxygens (including phenoxy) is 1. The Bertz CT molecular complexity index is 720. The summed E-state index contributed by atoms with van der Waals surface area (Å²) in [5.41, 5.74) is 3.11. The van der Waals surface area contributed by atoms with E-state index in [9.17, 15) is 9.18 Å². The molecule has 1 amide bonds. The molecule has 1 aromatic carbocycles. The smallest absolute Gasteiger partial charge is 0.233 e. The molecule has 0 saturated carbocycles. The van der Waals surface area contributed by atoms with Gasteiger partial charge in [-0.25, -0.2) is 9.37 Å². The van der Waals surface area contributed by atoms with Gasteiger partial charge in [-0.3, -0.25) is 8.32 Å². The van der Waals surface area contributed by atoms with Gasteiger partial charge in [-0.1, -0.05) is 13.8 Å². The third-order valence-electron chi connectivity index (χ3n) is 3.57. The normalized spacial score (nSPS) is 10.7. The molecular weight excluding hydrogens is 410 g/mol. The second-order valence-electron chi connectivity index (χ2n) is 5.46. The predicted molar refractivity (Wildman–Crippen MR) is 96.1 cm³/mol. The molecule has 0 saturated heterocycles. The highest BCUT2D eigenvalue weighted by Gasteiger charge is 2.18. The van der Waals surface area contributed by atoms with E-state index < -0.39 is 0 Å². The number of halogens is 2. The van der Waals surface area contributed by atoms with Crippen LogP contribution in [0.3, 0.4) is 0 Å². The van der Waals surface area contributed by atoms with Gasteiger partial charge >= 0.3 is 0 Å². The van der Waals surface area contributed by atoms with E-state index in [0.29, 0.717) is 11.4 Å². The molecule has 23 heavy (non-hydrogen) atoms. The number of hydrogen-bond acceptors (Lipinski definition) is 3. The first-order valence-electron chi connectivity index (χ1n) is 7.18. The first kappa shape index (κ1) is 17.7. The van der Waals surface area contributed by atoms with Crippen LogP contribution in [0.2, 0.25) is 0 Å². The lowest BCUT2D eigenvalue weighted by Crippen LogP contribution is -2.16. The number of amides is 1. The number of hydrogen-bond donors (Lipinski definition) is 1. The molecule has 1 N–H and O–H groups in total. The van der Waals surface area contributed by atoms with Crippen LogP contribution in [0.15, 0.2) is 30.5 Å². The monoisotopic (exact) mass is 428 g/mol. The number of benzene rings is 1. The predicted octanol–water partition coefficient (Wildman–Crippen LogP) is 4.03. The SMILES string of the molecule is COc1cc(-c2cc(F)cc(C(C)C)c2CC(=O)NI)ccn1. The highest BCUT2D eigenvalue weighted by molar-refractivity contribution is 14.1. The van der Waals surface area contributed by atoms with E-state index in [1.807, 2.05) is 36.7 Å². The summed E-state index contributed by atoms with van der Waals surface area (Å²) in [6, 6.07) is 6.48. The summed E-state index contributed by atoms with van der Waals surface area (Å²) >= 11 is 1.81. The van der Waals surface area contributed by atoms with Crippen molar-refractivity contribution in [3.05, 3.63) is 47.4 Å². The average molecular weight is 428 g/mol. The van der Waals surface area contributed by atoms with Crippen LogP contribution < -0.4 is 8.27 Å². The molecular formula is C17H18FIN2O2. The molecule has 2 rings (SSSR count). The third-order valence-corrected chi connectivity index (χ3v) is 4.17. The Labute approximate surface area is 149 Å². The number of aromatic nitrogens is 1. The van der Waals surface area contributed by atoms with Crippen molar-refractivity contribution in [3.63, 3.8) is 0 Å². The highest BCUT2D eigenvalue weighted by atomic mass is 127. The maximum absolute atomic E-state index is 14.1. The minimum Gasteiger partial charge on any atom is -0.481 e. The first-order valence-corrected chi connectivity index (χ1v) is 8.26. The number of nitrogens with zero attached hydrogens (tertiary/aromatic N) is 1. The second-order valence-corrected chi connectivity index (χ2v) is 6.00. The molecule has 0 aliphatic heterocycles. The summed E-state index contributed by atoms with van der Waals surface area (Å²) in [6.45, 7) is 3.97. The molecule has 0 unspecified atom stereocenters. The Morgan fingerprint density at radius 1 is 1.39 bits per heavy atom. The van der Waals surface area contributed by atoms with Gasteiger partial charge in [0.2, 0.25) is 11.8 Å². The van der Waals surface area contributed by atoms with Crippen LogP contribution in [0.1, 0.15) is 30.9 Å². The standard InChI is InChI=1S/C17H18FIN2O2/c1-10(2)13-7-12(18)8-14(15(13)9-16(22)21-19)11-4-5-20-17(6-11)23-3/h4-8,10H,9H2,1-3H3,(H,21,22). The minimum atomic E-state index is -0.321. The van der Waals surface area contributed by atoms with E-state index in [-0.39, 0.29) is 24.1 Å². The molecule has 2 aromatic rings. The molecule has 0 aliphatic carbocycles. The maximum atomic E-state index is 14.1. The van der Waals surface area contributed by atoms with Gasteiger partial charge < -0.3 is 4.74 Å². The van der Waals surface area contributed by atoms with E-state index in [0.717, 1.165) is 16.7 Å². The van der Waals surface area contributed by atoms with Gasteiger partial charge in [0.1, 0.15) is 5.82 Å². The molecule has 122 valence electrons. The first-order chi connectivity index (χ1) is 11.0. The zero-order valence-corrected chi connectivity index (χ0v) is 15.3. The lowest BCUT2D eigenvalue weighted by atomic mass is 9.88. The average Bonchev–Trinajstić information content (AvgIpc) is 2.55. The van der Waals surface area contributed by atoms with Crippen molar-refractivity contribution in [3.8, 4) is 17.0 Å². The van der Waals surface area contributed by atoms with Gasteiger partial charge in [0.05, 0.1) is 36.4 Å². The second kappa shape index (κ2) is 7.72. The Balaban J connectivity index is 2.66. The molecule has 1 heterocycles. The molecule has 0 aliphatic rings. The van der Waals surface area contributed by atoms with Gasteiger partial charge in [-0.05, 0) is 46.4 Å². The number of rotatable bonds is 5. The fourth-order valence-electron chi connectivity index (χ4n) is 2.51.